The van der Waals surface area contributed by atoms with Gasteiger partial charge in [-0.15, -0.1) is 0 Å². The van der Waals surface area contributed by atoms with Crippen LogP contribution in [0.25, 0.3) is 0 Å². The molecular weight excluding hydrogens is 168 g/mol. The standard InChI is InChI=1S/C9H14N2O2/c12-9(13)11-6-1-5-2-8(11)7(3-6)10-4-5/h5-8,10H,1-4H2,(H,12,13). The molecule has 3 bridgehead atoms. The van der Waals surface area contributed by atoms with Gasteiger partial charge in [0.2, 0.25) is 0 Å². The van der Waals surface area contributed by atoms with E-state index in [4.69, 9.17) is 5.11 Å². The van der Waals surface area contributed by atoms with Gasteiger partial charge in [0.05, 0.1) is 6.04 Å². The molecule has 4 atom stereocenters. The SMILES string of the molecule is O=C(O)N1C2CC3CNC(C2)C1C3. The minimum atomic E-state index is -0.723. The van der Waals surface area contributed by atoms with E-state index in [9.17, 15) is 4.79 Å². The van der Waals surface area contributed by atoms with Crippen LogP contribution in [0, 0.1) is 5.92 Å². The summed E-state index contributed by atoms with van der Waals surface area (Å²) in [7, 11) is 0. The first kappa shape index (κ1) is 7.62. The molecule has 3 heterocycles. The molecule has 0 aromatic rings. The second-order valence-electron chi connectivity index (χ2n) is 4.50. The fraction of sp³-hybridized carbons (Fsp3) is 0.889. The average Bonchev–Trinajstić information content (AvgIpc) is 2.25. The second kappa shape index (κ2) is 2.38. The van der Waals surface area contributed by atoms with Crippen molar-refractivity contribution in [2.24, 2.45) is 5.92 Å². The van der Waals surface area contributed by atoms with E-state index in [-0.39, 0.29) is 6.04 Å². The zero-order valence-corrected chi connectivity index (χ0v) is 7.44. The van der Waals surface area contributed by atoms with Crippen molar-refractivity contribution in [1.29, 1.82) is 0 Å². The number of nitrogens with zero attached hydrogens (tertiary/aromatic N) is 1. The zero-order chi connectivity index (χ0) is 9.00. The Bertz CT molecular complexity index is 252. The maximum Gasteiger partial charge on any atom is 0.407 e. The summed E-state index contributed by atoms with van der Waals surface area (Å²) in [4.78, 5) is 12.7. The Balaban J connectivity index is 1.92. The van der Waals surface area contributed by atoms with Crippen LogP contribution in [-0.2, 0) is 0 Å². The van der Waals surface area contributed by atoms with E-state index < -0.39 is 6.09 Å². The van der Waals surface area contributed by atoms with Crippen molar-refractivity contribution in [2.75, 3.05) is 6.54 Å². The summed E-state index contributed by atoms with van der Waals surface area (Å²) in [5, 5.41) is 12.5. The smallest absolute Gasteiger partial charge is 0.407 e. The largest absolute Gasteiger partial charge is 0.465 e. The third-order valence-electron chi connectivity index (χ3n) is 3.81. The summed E-state index contributed by atoms with van der Waals surface area (Å²) in [6, 6.07) is 1.02. The quantitative estimate of drug-likeness (QED) is 0.573. The van der Waals surface area contributed by atoms with Crippen LogP contribution in [0.1, 0.15) is 19.3 Å². The van der Waals surface area contributed by atoms with Crippen molar-refractivity contribution in [3.63, 3.8) is 0 Å². The van der Waals surface area contributed by atoms with E-state index in [0.717, 1.165) is 31.7 Å². The number of fused-ring (bicyclic) bond motifs is 2. The molecule has 3 aliphatic rings. The molecule has 0 saturated carbocycles. The molecule has 0 spiro atoms. The summed E-state index contributed by atoms with van der Waals surface area (Å²) in [5.74, 6) is 0.726. The number of carbonyl (C=O) groups is 1. The molecule has 0 aliphatic carbocycles. The molecule has 1 amide bonds. The summed E-state index contributed by atoms with van der Waals surface area (Å²) in [6.45, 7) is 1.10. The van der Waals surface area contributed by atoms with Gasteiger partial charge in [0.1, 0.15) is 0 Å². The molecule has 4 heteroatoms. The zero-order valence-electron chi connectivity index (χ0n) is 7.44. The Hall–Kier alpha value is -0.770. The number of amides is 1. The first-order valence-electron chi connectivity index (χ1n) is 5.00. The summed E-state index contributed by atoms with van der Waals surface area (Å²) >= 11 is 0. The van der Waals surface area contributed by atoms with Crippen LogP contribution in [0.2, 0.25) is 0 Å². The summed E-state index contributed by atoms with van der Waals surface area (Å²) in [5.41, 5.74) is 0. The minimum absolute atomic E-state index is 0.273. The topological polar surface area (TPSA) is 52.6 Å². The number of hydrogen-bond acceptors (Lipinski definition) is 2. The lowest BCUT2D eigenvalue weighted by molar-refractivity contribution is 0.0694. The van der Waals surface area contributed by atoms with Crippen LogP contribution >= 0.6 is 0 Å². The molecule has 72 valence electrons. The second-order valence-corrected chi connectivity index (χ2v) is 4.50. The van der Waals surface area contributed by atoms with Crippen molar-refractivity contribution < 1.29 is 9.90 Å². The Kier molecular flexibility index (Phi) is 1.39. The van der Waals surface area contributed by atoms with Crippen LogP contribution < -0.4 is 5.32 Å². The highest BCUT2D eigenvalue weighted by atomic mass is 16.4. The van der Waals surface area contributed by atoms with Gasteiger partial charge in [-0.3, -0.25) is 0 Å². The molecule has 0 aromatic heterocycles. The van der Waals surface area contributed by atoms with Crippen LogP contribution in [-0.4, -0.2) is 40.8 Å². The third-order valence-corrected chi connectivity index (χ3v) is 3.81. The van der Waals surface area contributed by atoms with Crippen molar-refractivity contribution in [3.05, 3.63) is 0 Å². The predicted molar refractivity (Wildman–Crippen MR) is 46.6 cm³/mol. The Morgan fingerprint density at radius 2 is 2.23 bits per heavy atom. The van der Waals surface area contributed by atoms with Gasteiger partial charge < -0.3 is 15.3 Å². The van der Waals surface area contributed by atoms with E-state index in [1.165, 1.54) is 0 Å². The van der Waals surface area contributed by atoms with Crippen LogP contribution in [0.4, 0.5) is 4.79 Å². The third kappa shape index (κ3) is 0.921. The molecule has 3 aliphatic heterocycles. The Labute approximate surface area is 76.9 Å². The molecule has 3 fully saturated rings. The van der Waals surface area contributed by atoms with Gasteiger partial charge in [-0.05, 0) is 31.7 Å². The molecule has 4 unspecified atom stereocenters. The molecule has 2 N–H and O–H groups in total. The van der Waals surface area contributed by atoms with Crippen molar-refractivity contribution in [1.82, 2.24) is 10.2 Å². The number of hydrogen-bond donors (Lipinski definition) is 2. The fourth-order valence-corrected chi connectivity index (χ4v) is 3.34. The molecule has 3 rings (SSSR count). The van der Waals surface area contributed by atoms with E-state index in [2.05, 4.69) is 5.32 Å². The highest BCUT2D eigenvalue weighted by Gasteiger charge is 2.51. The van der Waals surface area contributed by atoms with Gasteiger partial charge in [0.15, 0.2) is 0 Å². The van der Waals surface area contributed by atoms with Crippen LogP contribution in [0.15, 0.2) is 0 Å². The van der Waals surface area contributed by atoms with E-state index >= 15 is 0 Å². The van der Waals surface area contributed by atoms with Gasteiger partial charge in [-0.2, -0.15) is 0 Å². The molecule has 0 aromatic carbocycles. The number of rotatable bonds is 0. The van der Waals surface area contributed by atoms with E-state index in [1.807, 2.05) is 0 Å². The summed E-state index contributed by atoms with van der Waals surface area (Å²) < 4.78 is 0. The van der Waals surface area contributed by atoms with Crippen LogP contribution in [0.3, 0.4) is 0 Å². The lowest BCUT2D eigenvalue weighted by Crippen LogP contribution is -2.55. The number of carboxylic acid groups (broad SMARTS) is 1. The maximum atomic E-state index is 11.0. The molecule has 13 heavy (non-hydrogen) atoms. The van der Waals surface area contributed by atoms with Gasteiger partial charge in [0, 0.05) is 12.1 Å². The molecule has 4 nitrogen and oxygen atoms in total. The highest BCUT2D eigenvalue weighted by molar-refractivity contribution is 5.67. The Morgan fingerprint density at radius 3 is 3.00 bits per heavy atom. The Morgan fingerprint density at radius 1 is 1.38 bits per heavy atom. The van der Waals surface area contributed by atoms with Crippen molar-refractivity contribution >= 4 is 6.09 Å². The van der Waals surface area contributed by atoms with Crippen molar-refractivity contribution in [3.8, 4) is 0 Å². The van der Waals surface area contributed by atoms with E-state index in [0.29, 0.717) is 12.1 Å². The first-order valence-corrected chi connectivity index (χ1v) is 5.00. The van der Waals surface area contributed by atoms with E-state index in [1.54, 1.807) is 4.90 Å². The predicted octanol–water partition coefficient (Wildman–Crippen LogP) is 0.489. The highest BCUT2D eigenvalue weighted by Crippen LogP contribution is 2.41. The lowest BCUT2D eigenvalue weighted by Gasteiger charge is -2.41. The summed E-state index contributed by atoms with van der Waals surface area (Å²) in [6.07, 6.45) is 2.47. The van der Waals surface area contributed by atoms with Gasteiger partial charge in [-0.1, -0.05) is 0 Å². The minimum Gasteiger partial charge on any atom is -0.465 e. The first-order chi connectivity index (χ1) is 6.25. The number of piperidine rings is 2. The average molecular weight is 182 g/mol. The van der Waals surface area contributed by atoms with Gasteiger partial charge in [-0.25, -0.2) is 4.79 Å². The van der Waals surface area contributed by atoms with Crippen molar-refractivity contribution in [2.45, 2.75) is 37.4 Å². The molecule has 0 radical (unpaired) electrons. The van der Waals surface area contributed by atoms with Crippen LogP contribution in [0.5, 0.6) is 0 Å². The number of nitrogens with one attached hydrogen (secondary N) is 1. The molecular formula is C9H14N2O2. The van der Waals surface area contributed by atoms with Gasteiger partial charge >= 0.3 is 6.09 Å². The molecule has 3 saturated heterocycles. The van der Waals surface area contributed by atoms with Gasteiger partial charge in [0.25, 0.3) is 0 Å². The maximum absolute atomic E-state index is 11.0. The fourth-order valence-electron chi connectivity index (χ4n) is 3.34. The lowest BCUT2D eigenvalue weighted by atomic mass is 9.88. The monoisotopic (exact) mass is 182 g/mol. The normalized spacial score (nSPS) is 46.9.